The van der Waals surface area contributed by atoms with Crippen LogP contribution < -0.4 is 5.32 Å². The van der Waals surface area contributed by atoms with Crippen LogP contribution in [0.4, 0.5) is 5.69 Å². The molecule has 0 aliphatic rings. The highest BCUT2D eigenvalue weighted by atomic mass is 32.2. The fourth-order valence-electron chi connectivity index (χ4n) is 2.94. The van der Waals surface area contributed by atoms with Gasteiger partial charge in [0.05, 0.1) is 5.75 Å². The molecule has 0 atom stereocenters. The molecule has 0 spiro atoms. The van der Waals surface area contributed by atoms with Crippen LogP contribution in [0, 0.1) is 0 Å². The Hall–Kier alpha value is -3.46. The fourth-order valence-corrected chi connectivity index (χ4v) is 3.77. The molecule has 152 valence electrons. The summed E-state index contributed by atoms with van der Waals surface area (Å²) < 4.78 is 7.80. The summed E-state index contributed by atoms with van der Waals surface area (Å²) in [6, 6.07) is 17.2. The van der Waals surface area contributed by atoms with E-state index in [9.17, 15) is 4.79 Å². The minimum atomic E-state index is -0.102. The number of carbonyl (C=O) groups is 1. The first kappa shape index (κ1) is 19.8. The Kier molecular flexibility index (Phi) is 5.89. The maximum Gasteiger partial charge on any atom is 0.247 e. The van der Waals surface area contributed by atoms with Crippen molar-refractivity contribution in [3.63, 3.8) is 0 Å². The minimum absolute atomic E-state index is 0.102. The number of thioether (sulfide) groups is 1. The van der Waals surface area contributed by atoms with E-state index in [2.05, 4.69) is 25.7 Å². The Bertz CT molecular complexity index is 1140. The Morgan fingerprint density at radius 2 is 1.77 bits per heavy atom. The summed E-state index contributed by atoms with van der Waals surface area (Å²) in [4.78, 5) is 11.2. The van der Waals surface area contributed by atoms with Crippen LogP contribution in [0.3, 0.4) is 0 Å². The number of hydrogen-bond donors (Lipinski definition) is 1. The average molecular weight is 420 g/mol. The number of carbonyl (C=O) groups excluding carboxylic acids is 1. The number of benzene rings is 2. The van der Waals surface area contributed by atoms with Crippen LogP contribution in [0.15, 0.2) is 64.2 Å². The van der Waals surface area contributed by atoms with E-state index >= 15 is 0 Å². The van der Waals surface area contributed by atoms with Gasteiger partial charge in [0.2, 0.25) is 17.7 Å². The number of aromatic nitrogens is 5. The van der Waals surface area contributed by atoms with Crippen molar-refractivity contribution in [2.24, 2.45) is 0 Å². The fraction of sp³-hybridized carbons (Fsp3) is 0.190. The molecule has 1 amide bonds. The van der Waals surface area contributed by atoms with Gasteiger partial charge < -0.3 is 14.3 Å². The molecular weight excluding hydrogens is 400 g/mol. The average Bonchev–Trinajstić information content (AvgIpc) is 3.40. The lowest BCUT2D eigenvalue weighted by Crippen LogP contribution is -2.05. The SMILES string of the molecule is CCn1c(SCc2nnc(-c3ccccc3)o2)nnc1-c1ccc(NC(C)=O)cc1. The van der Waals surface area contributed by atoms with E-state index in [4.69, 9.17) is 4.42 Å². The standard InChI is InChI=1S/C21H20N6O2S/c1-3-27-19(15-9-11-17(12-10-15)22-14(2)28)24-26-21(27)30-13-18-23-25-20(29-18)16-7-5-4-6-8-16/h4-12H,3,13H2,1-2H3,(H,22,28). The zero-order valence-electron chi connectivity index (χ0n) is 16.6. The lowest BCUT2D eigenvalue weighted by Gasteiger charge is -2.07. The van der Waals surface area contributed by atoms with E-state index < -0.39 is 0 Å². The third kappa shape index (κ3) is 4.41. The second-order valence-corrected chi connectivity index (χ2v) is 7.41. The van der Waals surface area contributed by atoms with Crippen LogP contribution in [0.1, 0.15) is 19.7 Å². The molecule has 30 heavy (non-hydrogen) atoms. The van der Waals surface area contributed by atoms with E-state index in [1.807, 2.05) is 66.1 Å². The quantitative estimate of drug-likeness (QED) is 0.446. The second kappa shape index (κ2) is 8.91. The first-order valence-electron chi connectivity index (χ1n) is 9.46. The molecule has 0 unspecified atom stereocenters. The molecule has 2 aromatic carbocycles. The summed E-state index contributed by atoms with van der Waals surface area (Å²) in [7, 11) is 0. The van der Waals surface area contributed by atoms with Gasteiger partial charge in [-0.25, -0.2) is 0 Å². The molecule has 4 rings (SSSR count). The van der Waals surface area contributed by atoms with E-state index in [1.54, 1.807) is 0 Å². The molecule has 2 heterocycles. The van der Waals surface area contributed by atoms with Crippen molar-refractivity contribution >= 4 is 23.4 Å². The second-order valence-electron chi connectivity index (χ2n) is 6.46. The Morgan fingerprint density at radius 1 is 1.00 bits per heavy atom. The third-order valence-corrected chi connectivity index (χ3v) is 5.26. The van der Waals surface area contributed by atoms with Gasteiger partial charge in [-0.3, -0.25) is 4.79 Å². The zero-order chi connectivity index (χ0) is 20.9. The van der Waals surface area contributed by atoms with Crippen LogP contribution in [0.5, 0.6) is 0 Å². The molecule has 0 bridgehead atoms. The molecule has 0 saturated heterocycles. The molecule has 0 fully saturated rings. The molecule has 0 aliphatic heterocycles. The van der Waals surface area contributed by atoms with Gasteiger partial charge in [0.25, 0.3) is 0 Å². The lowest BCUT2D eigenvalue weighted by atomic mass is 10.2. The molecule has 8 nitrogen and oxygen atoms in total. The molecule has 0 radical (unpaired) electrons. The van der Waals surface area contributed by atoms with Crippen molar-refractivity contribution in [3.05, 3.63) is 60.5 Å². The lowest BCUT2D eigenvalue weighted by molar-refractivity contribution is -0.114. The van der Waals surface area contributed by atoms with Crippen molar-refractivity contribution in [1.82, 2.24) is 25.0 Å². The van der Waals surface area contributed by atoms with Crippen LogP contribution in [0.2, 0.25) is 0 Å². The van der Waals surface area contributed by atoms with Gasteiger partial charge in [0, 0.05) is 30.3 Å². The molecule has 2 aromatic heterocycles. The van der Waals surface area contributed by atoms with Gasteiger partial charge in [0.15, 0.2) is 11.0 Å². The molecule has 9 heteroatoms. The van der Waals surface area contributed by atoms with Crippen molar-refractivity contribution in [3.8, 4) is 22.8 Å². The topological polar surface area (TPSA) is 98.7 Å². The van der Waals surface area contributed by atoms with Crippen LogP contribution in [0.25, 0.3) is 22.8 Å². The van der Waals surface area contributed by atoms with Gasteiger partial charge in [-0.1, -0.05) is 30.0 Å². The molecule has 4 aromatic rings. The summed E-state index contributed by atoms with van der Waals surface area (Å²) in [5.74, 6) is 2.20. The molecule has 0 saturated carbocycles. The van der Waals surface area contributed by atoms with E-state index in [0.29, 0.717) is 17.5 Å². The Morgan fingerprint density at radius 3 is 2.47 bits per heavy atom. The normalized spacial score (nSPS) is 10.9. The van der Waals surface area contributed by atoms with Crippen LogP contribution in [-0.2, 0) is 17.1 Å². The van der Waals surface area contributed by atoms with Crippen LogP contribution in [-0.4, -0.2) is 30.9 Å². The number of nitrogens with one attached hydrogen (secondary N) is 1. The number of nitrogens with zero attached hydrogens (tertiary/aromatic N) is 5. The number of hydrogen-bond acceptors (Lipinski definition) is 7. The minimum Gasteiger partial charge on any atom is -0.420 e. The van der Waals surface area contributed by atoms with Gasteiger partial charge in [0.1, 0.15) is 0 Å². The van der Waals surface area contributed by atoms with E-state index in [-0.39, 0.29) is 5.91 Å². The first-order chi connectivity index (χ1) is 14.6. The third-order valence-electron chi connectivity index (χ3n) is 4.31. The summed E-state index contributed by atoms with van der Waals surface area (Å²) in [6.07, 6.45) is 0. The van der Waals surface area contributed by atoms with Crippen molar-refractivity contribution in [2.45, 2.75) is 31.3 Å². The van der Waals surface area contributed by atoms with E-state index in [0.717, 1.165) is 34.3 Å². The summed E-state index contributed by atoms with van der Waals surface area (Å²) in [5, 5.41) is 20.5. The largest absolute Gasteiger partial charge is 0.420 e. The highest BCUT2D eigenvalue weighted by Crippen LogP contribution is 2.27. The van der Waals surface area contributed by atoms with Gasteiger partial charge >= 0.3 is 0 Å². The maximum absolute atomic E-state index is 11.2. The van der Waals surface area contributed by atoms with Gasteiger partial charge in [-0.2, -0.15) is 0 Å². The maximum atomic E-state index is 11.2. The predicted molar refractivity (Wildman–Crippen MR) is 115 cm³/mol. The smallest absolute Gasteiger partial charge is 0.247 e. The molecule has 0 aliphatic carbocycles. The number of anilines is 1. The number of rotatable bonds is 7. The first-order valence-corrected chi connectivity index (χ1v) is 10.4. The predicted octanol–water partition coefficient (Wildman–Crippen LogP) is 4.27. The van der Waals surface area contributed by atoms with Gasteiger partial charge in [-0.05, 0) is 43.3 Å². The Balaban J connectivity index is 1.48. The van der Waals surface area contributed by atoms with Crippen molar-refractivity contribution in [1.29, 1.82) is 0 Å². The monoisotopic (exact) mass is 420 g/mol. The highest BCUT2D eigenvalue weighted by Gasteiger charge is 2.15. The molecular formula is C21H20N6O2S. The summed E-state index contributed by atoms with van der Waals surface area (Å²) in [6.45, 7) is 4.25. The summed E-state index contributed by atoms with van der Waals surface area (Å²) in [5.41, 5.74) is 2.56. The Labute approximate surface area is 177 Å². The van der Waals surface area contributed by atoms with E-state index in [1.165, 1.54) is 18.7 Å². The highest BCUT2D eigenvalue weighted by molar-refractivity contribution is 7.98. The summed E-state index contributed by atoms with van der Waals surface area (Å²) >= 11 is 1.50. The zero-order valence-corrected chi connectivity index (χ0v) is 17.4. The molecule has 1 N–H and O–H groups in total. The van der Waals surface area contributed by atoms with Crippen molar-refractivity contribution in [2.75, 3.05) is 5.32 Å². The number of amides is 1. The van der Waals surface area contributed by atoms with Crippen molar-refractivity contribution < 1.29 is 9.21 Å². The van der Waals surface area contributed by atoms with Gasteiger partial charge in [-0.15, -0.1) is 20.4 Å². The van der Waals surface area contributed by atoms with Crippen LogP contribution >= 0.6 is 11.8 Å².